The van der Waals surface area contributed by atoms with Crippen molar-refractivity contribution in [2.75, 3.05) is 4.72 Å². The van der Waals surface area contributed by atoms with E-state index in [0.29, 0.717) is 15.0 Å². The van der Waals surface area contributed by atoms with Crippen LogP contribution in [-0.4, -0.2) is 29.7 Å². The zero-order chi connectivity index (χ0) is 15.6. The summed E-state index contributed by atoms with van der Waals surface area (Å²) in [6, 6.07) is 3.91. The molecule has 0 aliphatic carbocycles. The van der Waals surface area contributed by atoms with Crippen molar-refractivity contribution in [1.29, 1.82) is 0 Å². The van der Waals surface area contributed by atoms with Crippen LogP contribution < -0.4 is 4.72 Å². The van der Waals surface area contributed by atoms with Gasteiger partial charge in [-0.1, -0.05) is 18.3 Å². The average Bonchev–Trinajstić information content (AvgIpc) is 2.85. The Morgan fingerprint density at radius 1 is 1.43 bits per heavy atom. The van der Waals surface area contributed by atoms with E-state index < -0.39 is 16.0 Å². The normalized spacial score (nSPS) is 11.3. The lowest BCUT2D eigenvalue weighted by atomic mass is 10.2. The van der Waals surface area contributed by atoms with Gasteiger partial charge in [0.1, 0.15) is 5.01 Å². The number of nitrogens with one attached hydrogen (secondary N) is 1. The molecule has 0 spiro atoms. The third-order valence-corrected chi connectivity index (χ3v) is 5.86. The van der Waals surface area contributed by atoms with E-state index in [0.717, 1.165) is 17.4 Å². The molecule has 1 aromatic heterocycles. The number of nitrogens with zero attached hydrogens (tertiary/aromatic N) is 2. The molecule has 0 aliphatic heterocycles. The second kappa shape index (κ2) is 6.23. The highest BCUT2D eigenvalue weighted by Crippen LogP contribution is 2.22. The van der Waals surface area contributed by atoms with E-state index in [-0.39, 0.29) is 15.6 Å². The van der Waals surface area contributed by atoms with Crippen LogP contribution in [0.15, 0.2) is 23.1 Å². The highest BCUT2D eigenvalue weighted by Gasteiger charge is 2.20. The minimum absolute atomic E-state index is 0.0648. The summed E-state index contributed by atoms with van der Waals surface area (Å²) in [4.78, 5) is 10.9. The molecule has 2 aromatic rings. The maximum absolute atomic E-state index is 12.2. The van der Waals surface area contributed by atoms with Crippen LogP contribution in [0, 0.1) is 3.57 Å². The number of carboxylic acids is 1. The largest absolute Gasteiger partial charge is 0.478 e. The van der Waals surface area contributed by atoms with Crippen LogP contribution in [0.1, 0.15) is 22.3 Å². The van der Waals surface area contributed by atoms with Gasteiger partial charge >= 0.3 is 5.97 Å². The number of anilines is 1. The predicted octanol–water partition coefficient (Wildman–Crippen LogP) is 2.20. The van der Waals surface area contributed by atoms with E-state index in [9.17, 15) is 13.2 Å². The number of carboxylic acid groups (broad SMARTS) is 1. The van der Waals surface area contributed by atoms with Gasteiger partial charge in [0.2, 0.25) is 5.13 Å². The standard InChI is InChI=1S/C11H10IN3O4S2/c1-2-9-13-14-11(20-9)15-21(18,19)6-3-4-8(12)7(5-6)10(16)17/h3-5H,2H2,1H3,(H,14,15)(H,16,17). The Hall–Kier alpha value is -1.27. The van der Waals surface area contributed by atoms with Gasteiger partial charge in [-0.15, -0.1) is 10.2 Å². The van der Waals surface area contributed by atoms with Gasteiger partial charge in [-0.2, -0.15) is 0 Å². The Balaban J connectivity index is 2.35. The molecule has 0 fully saturated rings. The number of aromatic carboxylic acids is 1. The van der Waals surface area contributed by atoms with E-state index in [1.807, 2.05) is 29.5 Å². The summed E-state index contributed by atoms with van der Waals surface area (Å²) in [5, 5.41) is 17.5. The molecule has 0 saturated carbocycles. The summed E-state index contributed by atoms with van der Waals surface area (Å²) in [6.45, 7) is 1.89. The molecule has 0 unspecified atom stereocenters. The van der Waals surface area contributed by atoms with Crippen LogP contribution in [-0.2, 0) is 16.4 Å². The average molecular weight is 439 g/mol. The van der Waals surface area contributed by atoms with Gasteiger partial charge in [-0.25, -0.2) is 13.2 Å². The summed E-state index contributed by atoms with van der Waals surface area (Å²) < 4.78 is 27.2. The van der Waals surface area contributed by atoms with Crippen molar-refractivity contribution < 1.29 is 18.3 Å². The summed E-state index contributed by atoms with van der Waals surface area (Å²) in [6.07, 6.45) is 0.659. The van der Waals surface area contributed by atoms with Crippen molar-refractivity contribution in [2.45, 2.75) is 18.2 Å². The lowest BCUT2D eigenvalue weighted by molar-refractivity contribution is 0.0695. The molecule has 2 N–H and O–H groups in total. The lowest BCUT2D eigenvalue weighted by Crippen LogP contribution is -2.14. The Bertz CT molecular complexity index is 789. The van der Waals surface area contributed by atoms with Crippen molar-refractivity contribution in [3.05, 3.63) is 32.3 Å². The maximum Gasteiger partial charge on any atom is 0.336 e. The number of halogens is 1. The van der Waals surface area contributed by atoms with E-state index >= 15 is 0 Å². The number of hydrogen-bond donors (Lipinski definition) is 2. The molecular formula is C11H10IN3O4S2. The fourth-order valence-electron chi connectivity index (χ4n) is 1.45. The first kappa shape index (κ1) is 16.1. The molecule has 0 atom stereocenters. The summed E-state index contributed by atoms with van der Waals surface area (Å²) in [5.74, 6) is -1.18. The number of sulfonamides is 1. The second-order valence-electron chi connectivity index (χ2n) is 3.91. The van der Waals surface area contributed by atoms with Crippen LogP contribution in [0.3, 0.4) is 0 Å². The highest BCUT2D eigenvalue weighted by atomic mass is 127. The molecular weight excluding hydrogens is 429 g/mol. The van der Waals surface area contributed by atoms with Crippen molar-refractivity contribution in [1.82, 2.24) is 10.2 Å². The first-order valence-electron chi connectivity index (χ1n) is 5.71. The zero-order valence-corrected chi connectivity index (χ0v) is 14.5. The molecule has 21 heavy (non-hydrogen) atoms. The minimum atomic E-state index is -3.89. The molecule has 0 aliphatic rings. The van der Waals surface area contributed by atoms with Crippen LogP contribution >= 0.6 is 33.9 Å². The van der Waals surface area contributed by atoms with Crippen molar-refractivity contribution in [3.63, 3.8) is 0 Å². The molecule has 0 saturated heterocycles. The van der Waals surface area contributed by atoms with Crippen molar-refractivity contribution in [2.24, 2.45) is 0 Å². The van der Waals surface area contributed by atoms with E-state index in [1.165, 1.54) is 12.1 Å². The van der Waals surface area contributed by atoms with E-state index in [1.54, 1.807) is 0 Å². The maximum atomic E-state index is 12.2. The number of hydrogen-bond acceptors (Lipinski definition) is 6. The Morgan fingerprint density at radius 3 is 2.71 bits per heavy atom. The fraction of sp³-hybridized carbons (Fsp3) is 0.182. The van der Waals surface area contributed by atoms with Crippen molar-refractivity contribution in [3.8, 4) is 0 Å². The smallest absolute Gasteiger partial charge is 0.336 e. The SMILES string of the molecule is CCc1nnc(NS(=O)(=O)c2ccc(I)c(C(=O)O)c2)s1. The fourth-order valence-corrected chi connectivity index (χ4v) is 3.95. The lowest BCUT2D eigenvalue weighted by Gasteiger charge is -2.06. The van der Waals surface area contributed by atoms with Crippen LogP contribution in [0.5, 0.6) is 0 Å². The zero-order valence-electron chi connectivity index (χ0n) is 10.7. The van der Waals surface area contributed by atoms with E-state index in [4.69, 9.17) is 5.11 Å². The number of benzene rings is 1. The Labute approximate surface area is 138 Å². The van der Waals surface area contributed by atoms with Crippen molar-refractivity contribution >= 4 is 55.1 Å². The first-order valence-corrected chi connectivity index (χ1v) is 9.09. The molecule has 1 heterocycles. The first-order chi connectivity index (χ1) is 9.83. The molecule has 1 aromatic carbocycles. The Morgan fingerprint density at radius 2 is 2.14 bits per heavy atom. The molecule has 0 amide bonds. The highest BCUT2D eigenvalue weighted by molar-refractivity contribution is 14.1. The topological polar surface area (TPSA) is 109 Å². The van der Waals surface area contributed by atoms with Gasteiger partial charge in [-0.3, -0.25) is 4.72 Å². The van der Waals surface area contributed by atoms with Gasteiger partial charge in [0, 0.05) is 3.57 Å². The molecule has 0 radical (unpaired) electrons. The van der Waals surface area contributed by atoms with Gasteiger partial charge in [0.25, 0.3) is 10.0 Å². The summed E-state index contributed by atoms with van der Waals surface area (Å²) in [5.41, 5.74) is -0.0648. The summed E-state index contributed by atoms with van der Waals surface area (Å²) >= 11 is 2.97. The minimum Gasteiger partial charge on any atom is -0.478 e. The summed E-state index contributed by atoms with van der Waals surface area (Å²) in [7, 11) is -3.89. The Kier molecular flexibility index (Phi) is 4.78. The quantitative estimate of drug-likeness (QED) is 0.692. The second-order valence-corrected chi connectivity index (χ2v) is 7.81. The number of rotatable bonds is 5. The van der Waals surface area contributed by atoms with Crippen LogP contribution in [0.2, 0.25) is 0 Å². The van der Waals surface area contributed by atoms with Crippen LogP contribution in [0.25, 0.3) is 0 Å². The van der Waals surface area contributed by atoms with Gasteiger partial charge in [-0.05, 0) is 47.2 Å². The van der Waals surface area contributed by atoms with E-state index in [2.05, 4.69) is 14.9 Å². The number of aromatic nitrogens is 2. The molecule has 112 valence electrons. The van der Waals surface area contributed by atoms with Gasteiger partial charge < -0.3 is 5.11 Å². The number of aryl methyl sites for hydroxylation is 1. The predicted molar refractivity (Wildman–Crippen MR) is 86.2 cm³/mol. The number of carbonyl (C=O) groups is 1. The molecule has 0 bridgehead atoms. The third kappa shape index (κ3) is 3.68. The van der Waals surface area contributed by atoms with Gasteiger partial charge in [0.15, 0.2) is 0 Å². The monoisotopic (exact) mass is 439 g/mol. The molecule has 2 rings (SSSR count). The molecule has 10 heteroatoms. The van der Waals surface area contributed by atoms with Gasteiger partial charge in [0.05, 0.1) is 10.5 Å². The molecule has 7 nitrogen and oxygen atoms in total. The third-order valence-electron chi connectivity index (χ3n) is 2.47. The van der Waals surface area contributed by atoms with Crippen LogP contribution in [0.4, 0.5) is 5.13 Å².